The lowest BCUT2D eigenvalue weighted by Gasteiger charge is -2.23. The van der Waals surface area contributed by atoms with Gasteiger partial charge in [-0.25, -0.2) is 4.98 Å². The van der Waals surface area contributed by atoms with Gasteiger partial charge in [-0.2, -0.15) is 0 Å². The second-order valence-corrected chi connectivity index (χ2v) is 9.79. The minimum Gasteiger partial charge on any atom is -0.507 e. The normalized spacial score (nSPS) is 16.8. The van der Waals surface area contributed by atoms with E-state index >= 15 is 0 Å². The summed E-state index contributed by atoms with van der Waals surface area (Å²) in [6.45, 7) is 6.91. The number of aryl methyl sites for hydroxylation is 1. The molecule has 0 spiro atoms. The van der Waals surface area contributed by atoms with Gasteiger partial charge in [0.05, 0.1) is 35.0 Å². The molecule has 7 nitrogen and oxygen atoms in total. The fraction of sp³-hybridized carbons (Fsp3) is 0.233. The van der Waals surface area contributed by atoms with Crippen molar-refractivity contribution >= 4 is 44.1 Å². The Hall–Kier alpha value is -4.17. The van der Waals surface area contributed by atoms with Crippen LogP contribution in [0.25, 0.3) is 16.0 Å². The van der Waals surface area contributed by atoms with Crippen LogP contribution in [0.2, 0.25) is 0 Å². The third-order valence-corrected chi connectivity index (χ3v) is 7.47. The molecule has 8 heteroatoms. The number of nitrogens with zero attached hydrogens (tertiary/aromatic N) is 2. The molecule has 1 unspecified atom stereocenters. The van der Waals surface area contributed by atoms with Crippen LogP contribution in [0, 0.1) is 0 Å². The number of amides is 1. The molecule has 5 rings (SSSR count). The number of benzene rings is 3. The van der Waals surface area contributed by atoms with Crippen LogP contribution < -0.4 is 14.4 Å². The van der Waals surface area contributed by atoms with Gasteiger partial charge in [0.25, 0.3) is 5.78 Å². The molecule has 0 bridgehead atoms. The van der Waals surface area contributed by atoms with Crippen molar-refractivity contribution in [1.29, 1.82) is 0 Å². The quantitative estimate of drug-likeness (QED) is 0.164. The Morgan fingerprint density at radius 2 is 1.58 bits per heavy atom. The highest BCUT2D eigenvalue weighted by molar-refractivity contribution is 7.22. The number of carbonyl (C=O) groups excluding carboxylic acids is 2. The molecular weight excluding hydrogens is 500 g/mol. The number of ether oxygens (including phenoxy) is 2. The summed E-state index contributed by atoms with van der Waals surface area (Å²) in [7, 11) is 0. The third-order valence-electron chi connectivity index (χ3n) is 6.45. The zero-order valence-electron chi connectivity index (χ0n) is 21.4. The Bertz CT molecular complexity index is 1520. The summed E-state index contributed by atoms with van der Waals surface area (Å²) in [4.78, 5) is 33.0. The summed E-state index contributed by atoms with van der Waals surface area (Å²) in [6, 6.07) is 19.3. The average molecular weight is 529 g/mol. The lowest BCUT2D eigenvalue weighted by molar-refractivity contribution is -0.132. The van der Waals surface area contributed by atoms with Crippen LogP contribution in [-0.4, -0.2) is 35.0 Å². The maximum Gasteiger partial charge on any atom is 0.301 e. The van der Waals surface area contributed by atoms with Crippen LogP contribution in [0.15, 0.2) is 72.3 Å². The highest BCUT2D eigenvalue weighted by atomic mass is 32.1. The molecule has 3 aromatic carbocycles. The molecule has 4 aromatic rings. The zero-order chi connectivity index (χ0) is 26.8. The number of Topliss-reactive ketones (excluding diaryl/α,β-unsaturated/α-hetero) is 1. The van der Waals surface area contributed by atoms with E-state index in [-0.39, 0.29) is 11.3 Å². The van der Waals surface area contributed by atoms with Crippen molar-refractivity contribution in [3.05, 3.63) is 89.0 Å². The summed E-state index contributed by atoms with van der Waals surface area (Å²) >= 11 is 1.30. The number of ketones is 1. The van der Waals surface area contributed by atoms with Gasteiger partial charge in [0.15, 0.2) is 5.13 Å². The smallest absolute Gasteiger partial charge is 0.301 e. The first-order chi connectivity index (χ1) is 18.4. The van der Waals surface area contributed by atoms with E-state index in [1.807, 2.05) is 56.3 Å². The molecule has 1 aliphatic heterocycles. The maximum atomic E-state index is 13.5. The SMILES string of the molecule is CCOc1ccc(C(O)=C2C(=O)C(=O)N(c3nc4ccc(OCC)cc4s3)C2c2ccc(CC)cc2)cc1. The number of rotatable bonds is 8. The molecular formula is C30H28N2O5S. The van der Waals surface area contributed by atoms with Gasteiger partial charge in [0.2, 0.25) is 0 Å². The number of fused-ring (bicyclic) bond motifs is 1. The molecule has 0 radical (unpaired) electrons. The molecule has 1 aromatic heterocycles. The van der Waals surface area contributed by atoms with Gasteiger partial charge in [-0.05, 0) is 73.9 Å². The van der Waals surface area contributed by atoms with Gasteiger partial charge in [-0.3, -0.25) is 14.5 Å². The van der Waals surface area contributed by atoms with Gasteiger partial charge >= 0.3 is 5.91 Å². The highest BCUT2D eigenvalue weighted by Crippen LogP contribution is 2.44. The van der Waals surface area contributed by atoms with Crippen LogP contribution in [0.3, 0.4) is 0 Å². The van der Waals surface area contributed by atoms with Gasteiger partial charge in [-0.1, -0.05) is 42.5 Å². The van der Waals surface area contributed by atoms with Crippen molar-refractivity contribution < 1.29 is 24.2 Å². The first-order valence-corrected chi connectivity index (χ1v) is 13.4. The molecule has 38 heavy (non-hydrogen) atoms. The molecule has 1 aliphatic rings. The van der Waals surface area contributed by atoms with Crippen LogP contribution >= 0.6 is 11.3 Å². The van der Waals surface area contributed by atoms with Crippen LogP contribution in [0.5, 0.6) is 11.5 Å². The number of carbonyl (C=O) groups is 2. The first-order valence-electron chi connectivity index (χ1n) is 12.6. The molecule has 1 fully saturated rings. The summed E-state index contributed by atoms with van der Waals surface area (Å²) in [6.07, 6.45) is 0.854. The van der Waals surface area contributed by atoms with Gasteiger partial charge in [-0.15, -0.1) is 0 Å². The molecule has 2 heterocycles. The standard InChI is InChI=1S/C30H28N2O5S/c1-4-18-7-9-19(10-8-18)26-25(27(33)20-11-13-21(14-12-20)36-5-2)28(34)29(35)32(26)30-31-23-16-15-22(37-6-3)17-24(23)38-30/h7-17,26,33H,4-6H2,1-3H3. The Morgan fingerprint density at radius 3 is 2.24 bits per heavy atom. The van der Waals surface area contributed by atoms with Crippen molar-refractivity contribution in [1.82, 2.24) is 4.98 Å². The third kappa shape index (κ3) is 4.63. The lowest BCUT2D eigenvalue weighted by Crippen LogP contribution is -2.29. The molecule has 1 amide bonds. The summed E-state index contributed by atoms with van der Waals surface area (Å²) in [5.41, 5.74) is 2.98. The Kier molecular flexibility index (Phi) is 7.15. The van der Waals surface area contributed by atoms with Crippen molar-refractivity contribution in [2.75, 3.05) is 18.1 Å². The number of anilines is 1. The number of aliphatic hydroxyl groups excluding tert-OH is 1. The fourth-order valence-corrected chi connectivity index (χ4v) is 5.59. The summed E-state index contributed by atoms with van der Waals surface area (Å²) in [5.74, 6) is -0.365. The minimum absolute atomic E-state index is 0.0256. The second kappa shape index (κ2) is 10.7. The molecule has 0 saturated carbocycles. The molecule has 1 atom stereocenters. The summed E-state index contributed by atoms with van der Waals surface area (Å²) < 4.78 is 11.9. The monoisotopic (exact) mass is 528 g/mol. The van der Waals surface area contributed by atoms with Crippen LogP contribution in [-0.2, 0) is 16.0 Å². The molecule has 0 aliphatic carbocycles. The van der Waals surface area contributed by atoms with Gasteiger partial charge < -0.3 is 14.6 Å². The summed E-state index contributed by atoms with van der Waals surface area (Å²) in [5, 5.41) is 11.7. The Balaban J connectivity index is 1.65. The predicted octanol–water partition coefficient (Wildman–Crippen LogP) is 6.28. The second-order valence-electron chi connectivity index (χ2n) is 8.78. The van der Waals surface area contributed by atoms with E-state index in [4.69, 9.17) is 9.47 Å². The number of aliphatic hydroxyl groups is 1. The Morgan fingerprint density at radius 1 is 0.921 bits per heavy atom. The average Bonchev–Trinajstić information content (AvgIpc) is 3.47. The highest BCUT2D eigenvalue weighted by Gasteiger charge is 2.48. The fourth-order valence-electron chi connectivity index (χ4n) is 4.56. The van der Waals surface area contributed by atoms with E-state index in [9.17, 15) is 14.7 Å². The molecule has 1 saturated heterocycles. The lowest BCUT2D eigenvalue weighted by atomic mass is 9.94. The predicted molar refractivity (Wildman–Crippen MR) is 149 cm³/mol. The largest absolute Gasteiger partial charge is 0.507 e. The van der Waals surface area contributed by atoms with E-state index in [0.717, 1.165) is 16.7 Å². The van der Waals surface area contributed by atoms with Crippen molar-refractivity contribution in [2.24, 2.45) is 0 Å². The number of hydrogen-bond donors (Lipinski definition) is 1. The van der Waals surface area contributed by atoms with Gasteiger partial charge in [0, 0.05) is 5.56 Å². The number of hydrogen-bond acceptors (Lipinski definition) is 7. The van der Waals surface area contributed by atoms with Crippen molar-refractivity contribution in [3.63, 3.8) is 0 Å². The van der Waals surface area contributed by atoms with Crippen LogP contribution in [0.4, 0.5) is 5.13 Å². The van der Waals surface area contributed by atoms with E-state index in [1.165, 1.54) is 16.2 Å². The van der Waals surface area contributed by atoms with E-state index in [1.54, 1.807) is 24.3 Å². The van der Waals surface area contributed by atoms with E-state index < -0.39 is 17.7 Å². The van der Waals surface area contributed by atoms with E-state index in [0.29, 0.717) is 46.5 Å². The van der Waals surface area contributed by atoms with Crippen molar-refractivity contribution in [3.8, 4) is 11.5 Å². The van der Waals surface area contributed by atoms with Gasteiger partial charge in [0.1, 0.15) is 17.3 Å². The topological polar surface area (TPSA) is 89.0 Å². The first kappa shape index (κ1) is 25.5. The minimum atomic E-state index is -0.834. The number of thiazole rings is 1. The maximum absolute atomic E-state index is 13.5. The van der Waals surface area contributed by atoms with E-state index in [2.05, 4.69) is 11.9 Å². The Labute approximate surface area is 225 Å². The van der Waals surface area contributed by atoms with Crippen LogP contribution in [0.1, 0.15) is 43.5 Å². The molecule has 1 N–H and O–H groups in total. The zero-order valence-corrected chi connectivity index (χ0v) is 22.2. The number of aromatic nitrogens is 1. The molecule has 194 valence electrons. The van der Waals surface area contributed by atoms with Crippen molar-refractivity contribution in [2.45, 2.75) is 33.2 Å².